The van der Waals surface area contributed by atoms with Crippen molar-refractivity contribution in [1.82, 2.24) is 0 Å². The van der Waals surface area contributed by atoms with Crippen LogP contribution in [0.1, 0.15) is 23.2 Å². The summed E-state index contributed by atoms with van der Waals surface area (Å²) in [5.41, 5.74) is -0.115. The second-order valence-electron chi connectivity index (χ2n) is 4.41. The van der Waals surface area contributed by atoms with Crippen molar-refractivity contribution in [3.63, 3.8) is 0 Å². The van der Waals surface area contributed by atoms with Crippen molar-refractivity contribution in [1.29, 1.82) is 0 Å². The molecular weight excluding hydrogens is 319 g/mol. The summed E-state index contributed by atoms with van der Waals surface area (Å²) in [7, 11) is 0. The van der Waals surface area contributed by atoms with Crippen molar-refractivity contribution in [3.05, 3.63) is 28.0 Å². The molecule has 0 radical (unpaired) electrons. The van der Waals surface area contributed by atoms with Gasteiger partial charge in [0.05, 0.1) is 16.6 Å². The number of carboxylic acids is 1. The molecule has 104 valence electrons. The molecule has 4 nitrogen and oxygen atoms in total. The van der Waals surface area contributed by atoms with Crippen molar-refractivity contribution in [2.75, 3.05) is 19.8 Å². The van der Waals surface area contributed by atoms with Gasteiger partial charge < -0.3 is 14.6 Å². The van der Waals surface area contributed by atoms with Crippen molar-refractivity contribution in [2.24, 2.45) is 5.92 Å². The van der Waals surface area contributed by atoms with Gasteiger partial charge in [0.1, 0.15) is 0 Å². The Morgan fingerprint density at radius 2 is 2.16 bits per heavy atom. The number of carboxylic acid groups (broad SMARTS) is 1. The van der Waals surface area contributed by atoms with Crippen LogP contribution in [-0.2, 0) is 4.74 Å². The molecule has 0 aromatic heterocycles. The lowest BCUT2D eigenvalue weighted by atomic mass is 10.0. The van der Waals surface area contributed by atoms with Crippen LogP contribution >= 0.6 is 15.9 Å². The van der Waals surface area contributed by atoms with Gasteiger partial charge in [0.2, 0.25) is 0 Å². The molecule has 1 aliphatic rings. The number of carbonyl (C=O) groups is 1. The van der Waals surface area contributed by atoms with Crippen molar-refractivity contribution >= 4 is 21.9 Å². The standard InChI is InChI=1S/C13H14BrFO4/c14-11-9(13(16)17)1-2-10(12(11)15)19-7-8-3-5-18-6-4-8/h1-2,8H,3-7H2,(H,16,17). The van der Waals surface area contributed by atoms with E-state index in [0.717, 1.165) is 12.8 Å². The first-order chi connectivity index (χ1) is 9.09. The van der Waals surface area contributed by atoms with Gasteiger partial charge in [-0.2, -0.15) is 0 Å². The SMILES string of the molecule is O=C(O)c1ccc(OCC2CCOCC2)c(F)c1Br. The van der Waals surface area contributed by atoms with Gasteiger partial charge in [-0.05, 0) is 46.8 Å². The lowest BCUT2D eigenvalue weighted by Crippen LogP contribution is -2.21. The minimum atomic E-state index is -1.18. The lowest BCUT2D eigenvalue weighted by molar-refractivity contribution is 0.0491. The minimum Gasteiger partial charge on any atom is -0.490 e. The molecule has 2 rings (SSSR count). The quantitative estimate of drug-likeness (QED) is 0.920. The van der Waals surface area contributed by atoms with Crippen molar-refractivity contribution < 1.29 is 23.8 Å². The molecule has 1 fully saturated rings. The first kappa shape index (κ1) is 14.3. The molecule has 0 amide bonds. The monoisotopic (exact) mass is 332 g/mol. The number of ether oxygens (including phenoxy) is 2. The van der Waals surface area contributed by atoms with E-state index in [2.05, 4.69) is 15.9 Å². The lowest BCUT2D eigenvalue weighted by Gasteiger charge is -2.22. The van der Waals surface area contributed by atoms with Crippen molar-refractivity contribution in [2.45, 2.75) is 12.8 Å². The maximum Gasteiger partial charge on any atom is 0.336 e. The molecule has 19 heavy (non-hydrogen) atoms. The number of hydrogen-bond donors (Lipinski definition) is 1. The first-order valence-corrected chi connectivity index (χ1v) is 6.80. The number of hydrogen-bond acceptors (Lipinski definition) is 3. The van der Waals surface area contributed by atoms with Gasteiger partial charge in [-0.3, -0.25) is 0 Å². The third-order valence-electron chi connectivity index (χ3n) is 3.09. The van der Waals surface area contributed by atoms with Gasteiger partial charge >= 0.3 is 5.97 Å². The fourth-order valence-electron chi connectivity index (χ4n) is 1.93. The number of benzene rings is 1. The highest BCUT2D eigenvalue weighted by molar-refractivity contribution is 9.10. The van der Waals surface area contributed by atoms with Crippen molar-refractivity contribution in [3.8, 4) is 5.75 Å². The summed E-state index contributed by atoms with van der Waals surface area (Å²) >= 11 is 2.94. The number of aromatic carboxylic acids is 1. The van der Waals surface area contributed by atoms with Crippen LogP contribution in [0.2, 0.25) is 0 Å². The molecule has 1 aromatic rings. The van der Waals surface area contributed by atoms with E-state index in [0.29, 0.717) is 25.7 Å². The maximum atomic E-state index is 13.9. The number of halogens is 2. The molecule has 1 N–H and O–H groups in total. The van der Waals surface area contributed by atoms with Gasteiger partial charge in [0.15, 0.2) is 11.6 Å². The van der Waals surface area contributed by atoms with Gasteiger partial charge in [-0.1, -0.05) is 0 Å². The fourth-order valence-corrected chi connectivity index (χ4v) is 2.43. The molecule has 1 aliphatic heterocycles. The molecule has 0 aliphatic carbocycles. The van der Waals surface area contributed by atoms with E-state index in [1.54, 1.807) is 0 Å². The van der Waals surface area contributed by atoms with Crippen LogP contribution in [0.4, 0.5) is 4.39 Å². The normalized spacial score (nSPS) is 16.3. The zero-order chi connectivity index (χ0) is 13.8. The Labute approximate surface area is 118 Å². The predicted molar refractivity (Wildman–Crippen MR) is 70.1 cm³/mol. The third kappa shape index (κ3) is 3.45. The molecule has 0 unspecified atom stereocenters. The van der Waals surface area contributed by atoms with Crippen LogP contribution in [0, 0.1) is 11.7 Å². The Balaban J connectivity index is 2.04. The molecule has 0 spiro atoms. The van der Waals surface area contributed by atoms with E-state index in [4.69, 9.17) is 14.6 Å². The van der Waals surface area contributed by atoms with E-state index in [9.17, 15) is 9.18 Å². The molecule has 6 heteroatoms. The van der Waals surface area contributed by atoms with E-state index in [1.807, 2.05) is 0 Å². The summed E-state index contributed by atoms with van der Waals surface area (Å²) in [5, 5.41) is 8.86. The summed E-state index contributed by atoms with van der Waals surface area (Å²) in [6.07, 6.45) is 1.80. The average Bonchev–Trinajstić information content (AvgIpc) is 2.41. The van der Waals surface area contributed by atoms with E-state index in [-0.39, 0.29) is 15.8 Å². The summed E-state index contributed by atoms with van der Waals surface area (Å²) < 4.78 is 24.5. The Kier molecular flexibility index (Phi) is 4.76. The van der Waals surface area contributed by atoms with E-state index < -0.39 is 11.8 Å². The van der Waals surface area contributed by atoms with Gasteiger partial charge in [-0.25, -0.2) is 9.18 Å². The van der Waals surface area contributed by atoms with Gasteiger partial charge in [0.25, 0.3) is 0 Å². The highest BCUT2D eigenvalue weighted by Gasteiger charge is 2.19. The van der Waals surface area contributed by atoms with Gasteiger partial charge in [-0.15, -0.1) is 0 Å². The molecule has 0 bridgehead atoms. The largest absolute Gasteiger partial charge is 0.490 e. The van der Waals surface area contributed by atoms with E-state index >= 15 is 0 Å². The Hall–Kier alpha value is -1.14. The minimum absolute atomic E-state index is 0.0726. The van der Waals surface area contributed by atoms with Crippen LogP contribution in [0.3, 0.4) is 0 Å². The summed E-state index contributed by atoms with van der Waals surface area (Å²) in [6, 6.07) is 2.68. The Morgan fingerprint density at radius 3 is 2.79 bits per heavy atom. The van der Waals surface area contributed by atoms with Crippen LogP contribution < -0.4 is 4.74 Å². The maximum absolute atomic E-state index is 13.9. The zero-order valence-corrected chi connectivity index (χ0v) is 11.8. The summed E-state index contributed by atoms with van der Waals surface area (Å²) in [4.78, 5) is 10.8. The fraction of sp³-hybridized carbons (Fsp3) is 0.462. The molecule has 1 saturated heterocycles. The molecule has 1 aromatic carbocycles. The molecular formula is C13H14BrFO4. The van der Waals surface area contributed by atoms with Gasteiger partial charge in [0, 0.05) is 13.2 Å². The summed E-state index contributed by atoms with van der Waals surface area (Å²) in [5.74, 6) is -1.43. The highest BCUT2D eigenvalue weighted by Crippen LogP contribution is 2.29. The highest BCUT2D eigenvalue weighted by atomic mass is 79.9. The number of rotatable bonds is 4. The smallest absolute Gasteiger partial charge is 0.336 e. The summed E-state index contributed by atoms with van der Waals surface area (Å²) in [6.45, 7) is 1.83. The average molecular weight is 333 g/mol. The third-order valence-corrected chi connectivity index (χ3v) is 3.87. The second kappa shape index (κ2) is 6.34. The molecule has 1 heterocycles. The molecule has 0 saturated carbocycles. The predicted octanol–water partition coefficient (Wildman–Crippen LogP) is 3.09. The van der Waals surface area contributed by atoms with Crippen LogP contribution in [0.25, 0.3) is 0 Å². The second-order valence-corrected chi connectivity index (χ2v) is 5.20. The van der Waals surface area contributed by atoms with E-state index in [1.165, 1.54) is 12.1 Å². The Morgan fingerprint density at radius 1 is 1.47 bits per heavy atom. The topological polar surface area (TPSA) is 55.8 Å². The molecule has 0 atom stereocenters. The first-order valence-electron chi connectivity index (χ1n) is 6.01. The van der Waals surface area contributed by atoms with Crippen LogP contribution in [0.5, 0.6) is 5.75 Å². The van der Waals surface area contributed by atoms with Crippen LogP contribution in [0.15, 0.2) is 16.6 Å². The Bertz CT molecular complexity index is 472. The van der Waals surface area contributed by atoms with Crippen LogP contribution in [-0.4, -0.2) is 30.9 Å². The zero-order valence-electron chi connectivity index (χ0n) is 10.2.